The second-order valence-electron chi connectivity index (χ2n) is 9.35. The van der Waals surface area contributed by atoms with Gasteiger partial charge in [-0.25, -0.2) is 0 Å². The Bertz CT molecular complexity index is 1790. The van der Waals surface area contributed by atoms with E-state index in [1.54, 1.807) is 0 Å². The quantitative estimate of drug-likeness (QED) is 0.324. The van der Waals surface area contributed by atoms with Crippen LogP contribution in [0.1, 0.15) is 22.3 Å². The zero-order valence-corrected chi connectivity index (χ0v) is 18.9. The summed E-state index contributed by atoms with van der Waals surface area (Å²) in [5.41, 5.74) is 10.8. The molecule has 1 N–H and O–H groups in total. The lowest BCUT2D eigenvalue weighted by atomic mass is 9.65. The van der Waals surface area contributed by atoms with Crippen molar-refractivity contribution >= 4 is 29.5 Å². The van der Waals surface area contributed by atoms with Crippen LogP contribution in [-0.4, -0.2) is 17.3 Å². The lowest BCUT2D eigenvalue weighted by molar-refractivity contribution is 0.453. The molecule has 1 spiro atoms. The van der Waals surface area contributed by atoms with Crippen molar-refractivity contribution in [3.8, 4) is 22.6 Å². The standard InChI is InChI=1S/C31H20BNO2/c34-32-35-19-16-17-26-29(18-19)33-28-15-6-3-10-22(28)23-11-7-14-27(30(23)33)31(26)24-12-4-1-8-20(24)21-9-2-5-13-25(21)31/h1-18,32,34H. The Kier molecular flexibility index (Phi) is 3.63. The summed E-state index contributed by atoms with van der Waals surface area (Å²) >= 11 is 0. The number of fused-ring (bicyclic) bond motifs is 12. The van der Waals surface area contributed by atoms with Crippen molar-refractivity contribution in [3.05, 3.63) is 131 Å². The van der Waals surface area contributed by atoms with Gasteiger partial charge in [0.25, 0.3) is 0 Å². The molecule has 6 aromatic rings. The maximum absolute atomic E-state index is 9.50. The van der Waals surface area contributed by atoms with E-state index in [0.29, 0.717) is 5.75 Å². The van der Waals surface area contributed by atoms with Crippen molar-refractivity contribution in [1.29, 1.82) is 0 Å². The first-order chi connectivity index (χ1) is 17.3. The number of para-hydroxylation sites is 2. The summed E-state index contributed by atoms with van der Waals surface area (Å²) in [6, 6.07) is 39.2. The van der Waals surface area contributed by atoms with Gasteiger partial charge >= 0.3 is 7.69 Å². The molecule has 1 aliphatic carbocycles. The number of benzene rings is 5. The second kappa shape index (κ2) is 6.65. The highest BCUT2D eigenvalue weighted by atomic mass is 16.5. The van der Waals surface area contributed by atoms with Crippen molar-refractivity contribution in [2.24, 2.45) is 0 Å². The molecule has 0 saturated heterocycles. The Morgan fingerprint density at radius 3 is 2.06 bits per heavy atom. The van der Waals surface area contributed by atoms with Crippen LogP contribution in [0.4, 0.5) is 0 Å². The third kappa shape index (κ3) is 2.17. The fraction of sp³-hybridized carbons (Fsp3) is 0.0323. The lowest BCUT2D eigenvalue weighted by Gasteiger charge is -2.39. The normalized spacial score (nSPS) is 14.1. The molecule has 4 heteroatoms. The molecule has 5 aromatic carbocycles. The third-order valence-corrected chi connectivity index (χ3v) is 7.90. The van der Waals surface area contributed by atoms with Gasteiger partial charge in [-0.3, -0.25) is 0 Å². The molecule has 0 fully saturated rings. The molecule has 0 unspecified atom stereocenters. The van der Waals surface area contributed by atoms with Crippen molar-refractivity contribution in [3.63, 3.8) is 0 Å². The monoisotopic (exact) mass is 449 g/mol. The average molecular weight is 449 g/mol. The van der Waals surface area contributed by atoms with Crippen LogP contribution in [0.3, 0.4) is 0 Å². The summed E-state index contributed by atoms with van der Waals surface area (Å²) in [6.45, 7) is 0. The molecule has 1 aromatic heterocycles. The number of nitrogens with zero attached hydrogens (tertiary/aromatic N) is 1. The lowest BCUT2D eigenvalue weighted by Crippen LogP contribution is -2.33. The smallest absolute Gasteiger partial charge is 0.504 e. The van der Waals surface area contributed by atoms with Crippen LogP contribution >= 0.6 is 0 Å². The maximum atomic E-state index is 9.50. The van der Waals surface area contributed by atoms with Gasteiger partial charge in [-0.05, 0) is 45.5 Å². The fourth-order valence-corrected chi connectivity index (χ4v) is 6.71. The van der Waals surface area contributed by atoms with E-state index in [1.807, 2.05) is 6.07 Å². The van der Waals surface area contributed by atoms with Gasteiger partial charge in [0.2, 0.25) is 0 Å². The number of hydrogen-bond acceptors (Lipinski definition) is 2. The maximum Gasteiger partial charge on any atom is 0.504 e. The Labute approximate surface area is 203 Å². The Hall–Kier alpha value is -4.28. The zero-order valence-electron chi connectivity index (χ0n) is 18.9. The summed E-state index contributed by atoms with van der Waals surface area (Å²) in [5.74, 6) is 0.659. The first-order valence-electron chi connectivity index (χ1n) is 11.9. The molecule has 2 aliphatic rings. The van der Waals surface area contributed by atoms with Gasteiger partial charge in [0.05, 0.1) is 22.1 Å². The largest absolute Gasteiger partial charge is 0.539 e. The summed E-state index contributed by atoms with van der Waals surface area (Å²) < 4.78 is 7.96. The number of aromatic nitrogens is 1. The van der Waals surface area contributed by atoms with Gasteiger partial charge in [0.1, 0.15) is 5.75 Å². The predicted octanol–water partition coefficient (Wildman–Crippen LogP) is 6.10. The van der Waals surface area contributed by atoms with E-state index in [-0.39, 0.29) is 7.69 Å². The average Bonchev–Trinajstić information content (AvgIpc) is 3.40. The van der Waals surface area contributed by atoms with Gasteiger partial charge in [-0.1, -0.05) is 91.0 Å². The van der Waals surface area contributed by atoms with E-state index in [4.69, 9.17) is 4.65 Å². The van der Waals surface area contributed by atoms with E-state index < -0.39 is 5.41 Å². The second-order valence-corrected chi connectivity index (χ2v) is 9.35. The molecular weight excluding hydrogens is 429 g/mol. The number of rotatable bonds is 2. The van der Waals surface area contributed by atoms with Crippen LogP contribution in [0.2, 0.25) is 0 Å². The summed E-state index contributed by atoms with van der Waals surface area (Å²) in [7, 11) is -0.353. The van der Waals surface area contributed by atoms with E-state index in [2.05, 4.69) is 108 Å². The molecule has 0 bridgehead atoms. The highest BCUT2D eigenvalue weighted by Gasteiger charge is 2.50. The predicted molar refractivity (Wildman–Crippen MR) is 142 cm³/mol. The van der Waals surface area contributed by atoms with Crippen LogP contribution in [0.25, 0.3) is 38.6 Å². The van der Waals surface area contributed by atoms with E-state index in [9.17, 15) is 5.02 Å². The van der Waals surface area contributed by atoms with Crippen molar-refractivity contribution < 1.29 is 9.68 Å². The zero-order chi connectivity index (χ0) is 23.1. The van der Waals surface area contributed by atoms with E-state index >= 15 is 0 Å². The number of hydrogen-bond donors (Lipinski definition) is 1. The van der Waals surface area contributed by atoms with Gasteiger partial charge in [-0.2, -0.15) is 0 Å². The minimum Gasteiger partial charge on any atom is -0.539 e. The molecule has 8 rings (SSSR count). The highest BCUT2D eigenvalue weighted by molar-refractivity contribution is 6.17. The van der Waals surface area contributed by atoms with Gasteiger partial charge in [-0.15, -0.1) is 0 Å². The first kappa shape index (κ1) is 19.1. The Morgan fingerprint density at radius 2 is 1.29 bits per heavy atom. The molecule has 164 valence electrons. The van der Waals surface area contributed by atoms with Crippen LogP contribution < -0.4 is 4.65 Å². The highest BCUT2D eigenvalue weighted by Crippen LogP contribution is 2.61. The molecular formula is C31H20BNO2. The van der Waals surface area contributed by atoms with E-state index in [1.165, 1.54) is 55.2 Å². The van der Waals surface area contributed by atoms with Gasteiger partial charge in [0, 0.05) is 16.8 Å². The van der Waals surface area contributed by atoms with Crippen LogP contribution in [0.15, 0.2) is 109 Å². The van der Waals surface area contributed by atoms with Gasteiger partial charge in [0.15, 0.2) is 0 Å². The summed E-state index contributed by atoms with van der Waals surface area (Å²) in [6.07, 6.45) is 0. The molecule has 1 aliphatic heterocycles. The van der Waals surface area contributed by atoms with E-state index in [0.717, 1.165) is 5.69 Å². The molecule has 2 heterocycles. The van der Waals surface area contributed by atoms with Crippen LogP contribution in [0, 0.1) is 0 Å². The third-order valence-electron chi connectivity index (χ3n) is 7.90. The SMILES string of the molecule is OBOc1ccc2c(c1)-n1c3ccccc3c3cccc(c31)C21c2ccccc2-c2ccccc21. The summed E-state index contributed by atoms with van der Waals surface area (Å²) in [4.78, 5) is 0. The Balaban J connectivity index is 1.66. The van der Waals surface area contributed by atoms with Gasteiger partial charge < -0.3 is 14.2 Å². The molecule has 0 radical (unpaired) electrons. The Morgan fingerprint density at radius 1 is 0.629 bits per heavy atom. The minimum absolute atomic E-state index is 0.353. The minimum atomic E-state index is -0.440. The van der Waals surface area contributed by atoms with Crippen molar-refractivity contribution in [2.75, 3.05) is 0 Å². The van der Waals surface area contributed by atoms with Crippen molar-refractivity contribution in [2.45, 2.75) is 5.41 Å². The summed E-state index contributed by atoms with van der Waals surface area (Å²) in [5, 5.41) is 12.0. The molecule has 0 atom stereocenters. The molecule has 0 amide bonds. The van der Waals surface area contributed by atoms with Crippen LogP contribution in [-0.2, 0) is 5.41 Å². The van der Waals surface area contributed by atoms with Crippen molar-refractivity contribution in [1.82, 2.24) is 4.57 Å². The fourth-order valence-electron chi connectivity index (χ4n) is 6.71. The van der Waals surface area contributed by atoms with Crippen LogP contribution in [0.5, 0.6) is 5.75 Å². The topological polar surface area (TPSA) is 34.4 Å². The molecule has 35 heavy (non-hydrogen) atoms. The first-order valence-corrected chi connectivity index (χ1v) is 11.9. The molecule has 3 nitrogen and oxygen atoms in total. The molecule has 0 saturated carbocycles.